The van der Waals surface area contributed by atoms with Gasteiger partial charge in [-0.3, -0.25) is 19.2 Å². The fourth-order valence-corrected chi connectivity index (χ4v) is 5.32. The first kappa shape index (κ1) is 24.2. The summed E-state index contributed by atoms with van der Waals surface area (Å²) in [6, 6.07) is 3.29. The summed E-state index contributed by atoms with van der Waals surface area (Å²) in [6.45, 7) is 1.43. The molecular formula is C16H19ClN4O6S3. The fraction of sp³-hybridized carbons (Fsp3) is 0.375. The van der Waals surface area contributed by atoms with Crippen molar-refractivity contribution >= 4 is 67.4 Å². The third-order valence-corrected chi connectivity index (χ3v) is 7.14. The number of hydrogen-bond donors (Lipinski definition) is 1. The maximum atomic E-state index is 12.7. The number of carbonyl (C=O) groups is 2. The molecule has 0 aliphatic rings. The van der Waals surface area contributed by atoms with Crippen LogP contribution in [0.1, 0.15) is 6.92 Å². The molecule has 164 valence electrons. The third kappa shape index (κ3) is 6.20. The topological polar surface area (TPSA) is 128 Å². The molecule has 1 N–H and O–H groups in total. The van der Waals surface area contributed by atoms with Crippen LogP contribution in [0.25, 0.3) is 0 Å². The molecule has 0 saturated carbocycles. The van der Waals surface area contributed by atoms with E-state index in [2.05, 4.69) is 20.3 Å². The van der Waals surface area contributed by atoms with Crippen LogP contribution in [0, 0.1) is 0 Å². The van der Waals surface area contributed by atoms with Gasteiger partial charge >= 0.3 is 5.97 Å². The number of halogens is 1. The van der Waals surface area contributed by atoms with Crippen molar-refractivity contribution in [2.45, 2.75) is 17.3 Å². The highest BCUT2D eigenvalue weighted by Crippen LogP contribution is 2.32. The minimum Gasteiger partial charge on any atom is -0.495 e. The number of esters is 1. The van der Waals surface area contributed by atoms with Crippen molar-refractivity contribution in [1.29, 1.82) is 0 Å². The Labute approximate surface area is 187 Å². The third-order valence-electron chi connectivity index (χ3n) is 3.66. The highest BCUT2D eigenvalue weighted by molar-refractivity contribution is 8.01. The molecule has 2 aromatic rings. The average molecular weight is 495 g/mol. The number of aromatic nitrogens is 2. The Morgan fingerprint density at radius 2 is 2.03 bits per heavy atom. The standard InChI is InChI=1S/C16H19ClN4O6S3/c1-9(14(23)18-15-19-20-16(29-15)28-8-13(22)27-3)21(30(4,24)25)10-5-6-12(26-2)11(17)7-10/h5-7,9H,8H2,1-4H3,(H,18,19,23)/t9-/m0/s1. The molecule has 1 heterocycles. The Balaban J connectivity index is 2.18. The second-order valence-corrected chi connectivity index (χ2v) is 10.2. The smallest absolute Gasteiger partial charge is 0.316 e. The highest BCUT2D eigenvalue weighted by Gasteiger charge is 2.30. The first-order valence-corrected chi connectivity index (χ1v) is 12.3. The summed E-state index contributed by atoms with van der Waals surface area (Å²) in [4.78, 5) is 23.9. The Hall–Kier alpha value is -2.09. The zero-order valence-electron chi connectivity index (χ0n) is 16.4. The number of nitrogens with zero attached hydrogens (tertiary/aromatic N) is 3. The predicted molar refractivity (Wildman–Crippen MR) is 116 cm³/mol. The number of benzene rings is 1. The van der Waals surface area contributed by atoms with E-state index in [4.69, 9.17) is 16.3 Å². The minimum absolute atomic E-state index is 0.0512. The van der Waals surface area contributed by atoms with Crippen LogP contribution < -0.4 is 14.4 Å². The fourth-order valence-electron chi connectivity index (χ4n) is 2.31. The lowest BCUT2D eigenvalue weighted by Crippen LogP contribution is -2.45. The van der Waals surface area contributed by atoms with E-state index in [9.17, 15) is 18.0 Å². The summed E-state index contributed by atoms with van der Waals surface area (Å²) in [6.07, 6.45) is 0.988. The molecule has 0 bridgehead atoms. The van der Waals surface area contributed by atoms with E-state index in [0.717, 1.165) is 33.7 Å². The number of hydrogen-bond acceptors (Lipinski definition) is 10. The summed E-state index contributed by atoms with van der Waals surface area (Å²) >= 11 is 8.26. The average Bonchev–Trinajstić information content (AvgIpc) is 3.12. The molecule has 1 atom stereocenters. The number of thioether (sulfide) groups is 1. The molecule has 0 aliphatic heterocycles. The predicted octanol–water partition coefficient (Wildman–Crippen LogP) is 2.26. The molecule has 10 nitrogen and oxygen atoms in total. The van der Waals surface area contributed by atoms with Crippen LogP contribution in [-0.2, 0) is 24.3 Å². The van der Waals surface area contributed by atoms with E-state index in [-0.39, 0.29) is 21.6 Å². The van der Waals surface area contributed by atoms with Gasteiger partial charge in [-0.1, -0.05) is 34.7 Å². The highest BCUT2D eigenvalue weighted by atomic mass is 35.5. The van der Waals surface area contributed by atoms with Gasteiger partial charge in [0.25, 0.3) is 0 Å². The number of amides is 1. The molecule has 0 aliphatic carbocycles. The van der Waals surface area contributed by atoms with Gasteiger partial charge in [0, 0.05) is 0 Å². The van der Waals surface area contributed by atoms with Gasteiger partial charge in [0.15, 0.2) is 4.34 Å². The molecule has 0 fully saturated rings. The lowest BCUT2D eigenvalue weighted by Gasteiger charge is -2.28. The normalized spacial score (nSPS) is 12.2. The summed E-state index contributed by atoms with van der Waals surface area (Å²) in [5, 5.41) is 10.6. The number of ether oxygens (including phenoxy) is 2. The molecule has 1 amide bonds. The molecule has 0 spiro atoms. The van der Waals surface area contributed by atoms with Gasteiger partial charge < -0.3 is 9.47 Å². The maximum absolute atomic E-state index is 12.7. The van der Waals surface area contributed by atoms with Crippen LogP contribution in [0.4, 0.5) is 10.8 Å². The number of methoxy groups -OCH3 is 2. The second kappa shape index (κ2) is 10.3. The van der Waals surface area contributed by atoms with Gasteiger partial charge in [0.1, 0.15) is 11.8 Å². The van der Waals surface area contributed by atoms with Crippen LogP contribution in [0.2, 0.25) is 5.02 Å². The van der Waals surface area contributed by atoms with Gasteiger partial charge in [0.2, 0.25) is 21.1 Å². The summed E-state index contributed by atoms with van der Waals surface area (Å²) in [5.74, 6) is -0.614. The molecule has 1 aromatic carbocycles. The van der Waals surface area contributed by atoms with Gasteiger partial charge in [-0.25, -0.2) is 8.42 Å². The van der Waals surface area contributed by atoms with Crippen molar-refractivity contribution in [3.8, 4) is 5.75 Å². The summed E-state index contributed by atoms with van der Waals surface area (Å²) in [5.41, 5.74) is 0.206. The van der Waals surface area contributed by atoms with E-state index in [1.54, 1.807) is 0 Å². The molecule has 0 saturated heterocycles. The minimum atomic E-state index is -3.82. The van der Waals surface area contributed by atoms with E-state index >= 15 is 0 Å². The van der Waals surface area contributed by atoms with Gasteiger partial charge in [-0.2, -0.15) is 0 Å². The SMILES string of the molecule is COC(=O)CSc1nnc(NC(=O)[C@H](C)N(c2ccc(OC)c(Cl)c2)S(C)(=O)=O)s1. The number of nitrogens with one attached hydrogen (secondary N) is 1. The first-order valence-electron chi connectivity index (χ1n) is 8.23. The molecule has 0 radical (unpaired) electrons. The van der Waals surface area contributed by atoms with E-state index < -0.39 is 27.9 Å². The molecule has 14 heteroatoms. The van der Waals surface area contributed by atoms with E-state index in [0.29, 0.717) is 10.1 Å². The van der Waals surface area contributed by atoms with Crippen LogP contribution in [0.3, 0.4) is 0 Å². The van der Waals surface area contributed by atoms with Crippen molar-refractivity contribution < 1.29 is 27.5 Å². The molecular weight excluding hydrogens is 476 g/mol. The van der Waals surface area contributed by atoms with Crippen molar-refractivity contribution in [3.05, 3.63) is 23.2 Å². The quantitative estimate of drug-likeness (QED) is 0.317. The molecule has 0 unspecified atom stereocenters. The van der Waals surface area contributed by atoms with Crippen molar-refractivity contribution in [2.24, 2.45) is 0 Å². The zero-order valence-corrected chi connectivity index (χ0v) is 19.6. The number of sulfonamides is 1. The van der Waals surface area contributed by atoms with Crippen molar-refractivity contribution in [2.75, 3.05) is 35.9 Å². The van der Waals surface area contributed by atoms with Crippen molar-refractivity contribution in [1.82, 2.24) is 10.2 Å². The first-order chi connectivity index (χ1) is 14.1. The number of rotatable bonds is 9. The lowest BCUT2D eigenvalue weighted by atomic mass is 10.2. The van der Waals surface area contributed by atoms with Crippen LogP contribution in [0.5, 0.6) is 5.75 Å². The summed E-state index contributed by atoms with van der Waals surface area (Å²) in [7, 11) is -1.11. The summed E-state index contributed by atoms with van der Waals surface area (Å²) < 4.78 is 35.8. The van der Waals surface area contributed by atoms with Crippen LogP contribution in [0.15, 0.2) is 22.5 Å². The number of anilines is 2. The van der Waals surface area contributed by atoms with Gasteiger partial charge in [-0.05, 0) is 25.1 Å². The van der Waals surface area contributed by atoms with E-state index in [1.807, 2.05) is 0 Å². The molecule has 30 heavy (non-hydrogen) atoms. The Kier molecular flexibility index (Phi) is 8.29. The maximum Gasteiger partial charge on any atom is 0.316 e. The number of carbonyl (C=O) groups excluding carboxylic acids is 2. The Morgan fingerprint density at radius 3 is 2.60 bits per heavy atom. The largest absolute Gasteiger partial charge is 0.495 e. The van der Waals surface area contributed by atoms with Gasteiger partial charge in [-0.15, -0.1) is 10.2 Å². The molecule has 1 aromatic heterocycles. The van der Waals surface area contributed by atoms with E-state index in [1.165, 1.54) is 39.3 Å². The zero-order chi connectivity index (χ0) is 22.5. The Bertz CT molecular complexity index is 1030. The molecule has 2 rings (SSSR count). The Morgan fingerprint density at radius 1 is 1.33 bits per heavy atom. The van der Waals surface area contributed by atoms with Crippen LogP contribution in [-0.4, -0.2) is 62.8 Å². The lowest BCUT2D eigenvalue weighted by molar-refractivity contribution is -0.137. The second-order valence-electron chi connectivity index (χ2n) is 5.78. The monoisotopic (exact) mass is 494 g/mol. The van der Waals surface area contributed by atoms with Gasteiger partial charge in [0.05, 0.1) is 36.9 Å². The van der Waals surface area contributed by atoms with Crippen molar-refractivity contribution in [3.63, 3.8) is 0 Å². The van der Waals surface area contributed by atoms with Crippen LogP contribution >= 0.6 is 34.7 Å².